The Kier molecular flexibility index (Phi) is 6.59. The SMILES string of the molecule is O=C(Nc1cc(C(F)(F)F)cc(C(F)(F)F)c1)c1cc(-c2ccc(-c3ccccc3Cl)o2)nc2ccccc12. The van der Waals surface area contributed by atoms with Crippen molar-refractivity contribution < 1.29 is 35.6 Å². The van der Waals surface area contributed by atoms with Crippen LogP contribution in [0.25, 0.3) is 33.7 Å². The van der Waals surface area contributed by atoms with Crippen LogP contribution in [0.2, 0.25) is 5.02 Å². The number of carbonyl (C=O) groups is 1. The van der Waals surface area contributed by atoms with Crippen LogP contribution in [0.15, 0.2) is 89.3 Å². The van der Waals surface area contributed by atoms with Crippen molar-refractivity contribution in [2.75, 3.05) is 5.32 Å². The summed E-state index contributed by atoms with van der Waals surface area (Å²) in [5, 5.41) is 2.96. The lowest BCUT2D eigenvalue weighted by Gasteiger charge is -2.15. The molecular weight excluding hydrogens is 546 g/mol. The van der Waals surface area contributed by atoms with Gasteiger partial charge in [-0.1, -0.05) is 41.9 Å². The van der Waals surface area contributed by atoms with Gasteiger partial charge < -0.3 is 9.73 Å². The van der Waals surface area contributed by atoms with Gasteiger partial charge in [0.15, 0.2) is 5.76 Å². The molecule has 0 aliphatic carbocycles. The first-order valence-electron chi connectivity index (χ1n) is 11.3. The first-order valence-corrected chi connectivity index (χ1v) is 11.6. The number of halogens is 7. The zero-order valence-electron chi connectivity index (χ0n) is 19.5. The zero-order chi connectivity index (χ0) is 27.9. The molecular formula is C28H15ClF6N2O2. The molecule has 39 heavy (non-hydrogen) atoms. The predicted octanol–water partition coefficient (Wildman–Crippen LogP) is 9.11. The summed E-state index contributed by atoms with van der Waals surface area (Å²) in [6.45, 7) is 0. The van der Waals surface area contributed by atoms with Gasteiger partial charge in [-0.2, -0.15) is 26.3 Å². The number of amides is 1. The van der Waals surface area contributed by atoms with Gasteiger partial charge >= 0.3 is 12.4 Å². The molecule has 5 aromatic rings. The Hall–Kier alpha value is -4.31. The number of alkyl halides is 6. The smallest absolute Gasteiger partial charge is 0.416 e. The number of aromatic nitrogens is 1. The van der Waals surface area contributed by atoms with Crippen LogP contribution >= 0.6 is 11.6 Å². The summed E-state index contributed by atoms with van der Waals surface area (Å²) in [6, 6.07) is 18.9. The predicted molar refractivity (Wildman–Crippen MR) is 134 cm³/mol. The van der Waals surface area contributed by atoms with Crippen molar-refractivity contribution in [1.29, 1.82) is 0 Å². The van der Waals surface area contributed by atoms with E-state index in [9.17, 15) is 31.1 Å². The lowest BCUT2D eigenvalue weighted by molar-refractivity contribution is -0.143. The number of nitrogens with zero attached hydrogens (tertiary/aromatic N) is 1. The third kappa shape index (κ3) is 5.46. The van der Waals surface area contributed by atoms with Crippen molar-refractivity contribution in [2.45, 2.75) is 12.4 Å². The molecule has 0 unspecified atom stereocenters. The summed E-state index contributed by atoms with van der Waals surface area (Å²) in [4.78, 5) is 17.8. The molecule has 198 valence electrons. The van der Waals surface area contributed by atoms with E-state index >= 15 is 0 Å². The van der Waals surface area contributed by atoms with E-state index in [2.05, 4.69) is 10.3 Å². The van der Waals surface area contributed by atoms with E-state index in [4.69, 9.17) is 16.0 Å². The number of pyridine rings is 1. The van der Waals surface area contributed by atoms with Gasteiger partial charge in [-0.25, -0.2) is 4.98 Å². The van der Waals surface area contributed by atoms with Gasteiger partial charge in [-0.3, -0.25) is 4.79 Å². The molecule has 3 aromatic carbocycles. The van der Waals surface area contributed by atoms with Crippen LogP contribution in [-0.4, -0.2) is 10.9 Å². The lowest BCUT2D eigenvalue weighted by Crippen LogP contribution is -2.16. The summed E-state index contributed by atoms with van der Waals surface area (Å²) in [6.07, 6.45) is -10.1. The number of fused-ring (bicyclic) bond motifs is 1. The molecule has 1 amide bonds. The van der Waals surface area contributed by atoms with Crippen molar-refractivity contribution in [3.05, 3.63) is 107 Å². The summed E-state index contributed by atoms with van der Waals surface area (Å²) < 4.78 is 85.6. The number of anilines is 1. The van der Waals surface area contributed by atoms with Crippen molar-refractivity contribution >= 4 is 34.1 Å². The maximum absolute atomic E-state index is 13.3. The summed E-state index contributed by atoms with van der Waals surface area (Å²) in [5.41, 5.74) is -2.59. The number of nitrogens with one attached hydrogen (secondary N) is 1. The second-order valence-corrected chi connectivity index (χ2v) is 8.87. The van der Waals surface area contributed by atoms with Gasteiger partial charge in [-0.15, -0.1) is 0 Å². The fraction of sp³-hybridized carbons (Fsp3) is 0.0714. The standard InChI is InChI=1S/C28H15ClF6N2O2/c29-21-7-3-1-6-19(21)24-9-10-25(39-24)23-14-20(18-5-2-4-8-22(18)37-23)26(38)36-17-12-15(27(30,31)32)11-16(13-17)28(33,34)35/h1-14H,(H,36,38). The molecule has 0 atom stereocenters. The Morgan fingerprint density at radius 3 is 2.05 bits per heavy atom. The highest BCUT2D eigenvalue weighted by atomic mass is 35.5. The van der Waals surface area contributed by atoms with Gasteiger partial charge in [0.2, 0.25) is 0 Å². The molecule has 0 spiro atoms. The molecule has 0 bridgehead atoms. The molecule has 1 N–H and O–H groups in total. The largest absolute Gasteiger partial charge is 0.454 e. The van der Waals surface area contributed by atoms with Crippen molar-refractivity contribution in [3.8, 4) is 22.8 Å². The van der Waals surface area contributed by atoms with E-state index < -0.39 is 35.1 Å². The number of hydrogen-bond acceptors (Lipinski definition) is 3. The molecule has 4 nitrogen and oxygen atoms in total. The molecule has 0 saturated carbocycles. The molecule has 0 aliphatic heterocycles. The van der Waals surface area contributed by atoms with Gasteiger partial charge in [-0.05, 0) is 54.6 Å². The minimum Gasteiger partial charge on any atom is -0.454 e. The Balaban J connectivity index is 1.56. The number of benzene rings is 3. The summed E-state index contributed by atoms with van der Waals surface area (Å²) >= 11 is 6.25. The van der Waals surface area contributed by atoms with Crippen LogP contribution in [0, 0.1) is 0 Å². The summed E-state index contributed by atoms with van der Waals surface area (Å²) in [5.74, 6) is -0.233. The Morgan fingerprint density at radius 1 is 0.769 bits per heavy atom. The molecule has 0 saturated heterocycles. The maximum Gasteiger partial charge on any atom is 0.416 e. The van der Waals surface area contributed by atoms with Gasteiger partial charge in [0.05, 0.1) is 27.2 Å². The van der Waals surface area contributed by atoms with Crippen LogP contribution < -0.4 is 5.32 Å². The van der Waals surface area contributed by atoms with E-state index in [0.717, 1.165) is 0 Å². The van der Waals surface area contributed by atoms with E-state index in [1.807, 2.05) is 0 Å². The number of para-hydroxylation sites is 1. The highest BCUT2D eigenvalue weighted by Gasteiger charge is 2.37. The van der Waals surface area contributed by atoms with Crippen LogP contribution in [0.3, 0.4) is 0 Å². The molecule has 5 rings (SSSR count). The third-order valence-electron chi connectivity index (χ3n) is 5.80. The lowest BCUT2D eigenvalue weighted by atomic mass is 10.0. The minimum absolute atomic E-state index is 0.0108. The first-order chi connectivity index (χ1) is 18.4. The highest BCUT2D eigenvalue weighted by Crippen LogP contribution is 2.38. The van der Waals surface area contributed by atoms with Gasteiger partial charge in [0.25, 0.3) is 5.91 Å². The van der Waals surface area contributed by atoms with Crippen molar-refractivity contribution in [3.63, 3.8) is 0 Å². The van der Waals surface area contributed by atoms with E-state index in [1.54, 1.807) is 60.7 Å². The number of carbonyl (C=O) groups excluding carboxylic acids is 1. The number of furan rings is 1. The monoisotopic (exact) mass is 560 g/mol. The molecule has 2 heterocycles. The average Bonchev–Trinajstić information content (AvgIpc) is 3.37. The van der Waals surface area contributed by atoms with Gasteiger partial charge in [0, 0.05) is 16.6 Å². The Morgan fingerprint density at radius 2 is 1.38 bits per heavy atom. The molecule has 0 radical (unpaired) electrons. The highest BCUT2D eigenvalue weighted by molar-refractivity contribution is 6.33. The quantitative estimate of drug-likeness (QED) is 0.223. The fourth-order valence-electron chi connectivity index (χ4n) is 4.00. The summed E-state index contributed by atoms with van der Waals surface area (Å²) in [7, 11) is 0. The molecule has 0 fully saturated rings. The normalized spacial score (nSPS) is 12.1. The Bertz CT molecular complexity index is 1680. The first kappa shape index (κ1) is 26.3. The average molecular weight is 561 g/mol. The number of hydrogen-bond donors (Lipinski definition) is 1. The third-order valence-corrected chi connectivity index (χ3v) is 6.13. The van der Waals surface area contributed by atoms with Crippen molar-refractivity contribution in [2.24, 2.45) is 0 Å². The minimum atomic E-state index is -5.06. The van der Waals surface area contributed by atoms with E-state index in [1.165, 1.54) is 6.07 Å². The fourth-order valence-corrected chi connectivity index (χ4v) is 4.23. The topological polar surface area (TPSA) is 55.1 Å². The van der Waals surface area contributed by atoms with Crippen LogP contribution in [0.4, 0.5) is 32.0 Å². The Labute approximate surface area is 221 Å². The molecule has 11 heteroatoms. The van der Waals surface area contributed by atoms with E-state index in [-0.39, 0.29) is 23.1 Å². The van der Waals surface area contributed by atoms with E-state index in [0.29, 0.717) is 39.4 Å². The van der Waals surface area contributed by atoms with Crippen LogP contribution in [0.1, 0.15) is 21.5 Å². The zero-order valence-corrected chi connectivity index (χ0v) is 20.2. The molecule has 2 aromatic heterocycles. The van der Waals surface area contributed by atoms with Crippen molar-refractivity contribution in [1.82, 2.24) is 4.98 Å². The molecule has 0 aliphatic rings. The second kappa shape index (κ2) is 9.77. The maximum atomic E-state index is 13.3. The second-order valence-electron chi connectivity index (χ2n) is 8.46. The van der Waals surface area contributed by atoms with Gasteiger partial charge in [0.1, 0.15) is 11.5 Å². The number of rotatable bonds is 4. The van der Waals surface area contributed by atoms with Crippen LogP contribution in [0.5, 0.6) is 0 Å². The van der Waals surface area contributed by atoms with Crippen LogP contribution in [-0.2, 0) is 12.4 Å².